The third-order valence-corrected chi connectivity index (χ3v) is 3.43. The van der Waals surface area contributed by atoms with Gasteiger partial charge in [0, 0.05) is 12.5 Å². The van der Waals surface area contributed by atoms with Crippen LogP contribution in [0.25, 0.3) is 0 Å². The summed E-state index contributed by atoms with van der Waals surface area (Å²) in [6, 6.07) is 9.79. The standard InChI is InChI=1S/C14H20N2O2/c15-9-12-7-4-8-13(12)18-14(17)16-10-11-5-2-1-3-6-11/h1-3,5-6,12-13H,4,7-10,15H2,(H,16,17). The van der Waals surface area contributed by atoms with Crippen molar-refractivity contribution in [3.8, 4) is 0 Å². The average Bonchev–Trinajstić information content (AvgIpc) is 2.85. The molecule has 0 radical (unpaired) electrons. The van der Waals surface area contributed by atoms with Crippen molar-refractivity contribution in [3.63, 3.8) is 0 Å². The number of alkyl carbamates (subject to hydrolysis) is 1. The molecule has 0 spiro atoms. The van der Waals surface area contributed by atoms with E-state index in [0.29, 0.717) is 19.0 Å². The summed E-state index contributed by atoms with van der Waals surface area (Å²) in [5, 5.41) is 2.77. The number of hydrogen-bond donors (Lipinski definition) is 2. The fourth-order valence-corrected chi connectivity index (χ4v) is 2.38. The predicted octanol–water partition coefficient (Wildman–Crippen LogP) is 2.04. The zero-order valence-corrected chi connectivity index (χ0v) is 10.5. The smallest absolute Gasteiger partial charge is 0.407 e. The van der Waals surface area contributed by atoms with Gasteiger partial charge in [0.1, 0.15) is 6.10 Å². The van der Waals surface area contributed by atoms with Crippen LogP contribution in [0.4, 0.5) is 4.79 Å². The molecule has 18 heavy (non-hydrogen) atoms. The number of nitrogens with one attached hydrogen (secondary N) is 1. The van der Waals surface area contributed by atoms with Crippen molar-refractivity contribution in [2.45, 2.75) is 31.9 Å². The molecule has 0 aliphatic heterocycles. The summed E-state index contributed by atoms with van der Waals surface area (Å²) in [5.74, 6) is 0.326. The van der Waals surface area contributed by atoms with Gasteiger partial charge in [-0.2, -0.15) is 0 Å². The van der Waals surface area contributed by atoms with Crippen LogP contribution in [0.15, 0.2) is 30.3 Å². The monoisotopic (exact) mass is 248 g/mol. The molecule has 98 valence electrons. The topological polar surface area (TPSA) is 64.3 Å². The molecule has 1 fully saturated rings. The van der Waals surface area contributed by atoms with Crippen molar-refractivity contribution < 1.29 is 9.53 Å². The van der Waals surface area contributed by atoms with Crippen molar-refractivity contribution in [1.29, 1.82) is 0 Å². The zero-order chi connectivity index (χ0) is 12.8. The van der Waals surface area contributed by atoms with Gasteiger partial charge < -0.3 is 15.8 Å². The second-order valence-corrected chi connectivity index (χ2v) is 4.71. The molecule has 1 aliphatic rings. The molecule has 0 heterocycles. The summed E-state index contributed by atoms with van der Waals surface area (Å²) in [6.07, 6.45) is 2.74. The molecule has 2 rings (SSSR count). The van der Waals surface area contributed by atoms with Gasteiger partial charge in [-0.1, -0.05) is 30.3 Å². The van der Waals surface area contributed by atoms with Crippen LogP contribution in [0.5, 0.6) is 0 Å². The highest BCUT2D eigenvalue weighted by atomic mass is 16.6. The maximum Gasteiger partial charge on any atom is 0.407 e. The summed E-state index contributed by atoms with van der Waals surface area (Å²) in [4.78, 5) is 11.7. The van der Waals surface area contributed by atoms with Crippen molar-refractivity contribution in [2.24, 2.45) is 11.7 Å². The molecular weight excluding hydrogens is 228 g/mol. The molecule has 0 aromatic heterocycles. The molecule has 0 saturated heterocycles. The number of rotatable bonds is 4. The molecule has 1 aliphatic carbocycles. The van der Waals surface area contributed by atoms with Gasteiger partial charge in [-0.3, -0.25) is 0 Å². The van der Waals surface area contributed by atoms with Crippen LogP contribution in [0.3, 0.4) is 0 Å². The summed E-state index contributed by atoms with van der Waals surface area (Å²) in [6.45, 7) is 1.09. The van der Waals surface area contributed by atoms with E-state index in [9.17, 15) is 4.79 Å². The third-order valence-electron chi connectivity index (χ3n) is 3.43. The molecule has 2 unspecified atom stereocenters. The first-order valence-electron chi connectivity index (χ1n) is 6.48. The predicted molar refractivity (Wildman–Crippen MR) is 69.9 cm³/mol. The van der Waals surface area contributed by atoms with Gasteiger partial charge in [0.25, 0.3) is 0 Å². The average molecular weight is 248 g/mol. The van der Waals surface area contributed by atoms with Crippen LogP contribution in [-0.4, -0.2) is 18.7 Å². The van der Waals surface area contributed by atoms with E-state index in [0.717, 1.165) is 24.8 Å². The number of nitrogens with two attached hydrogens (primary N) is 1. The molecule has 1 aromatic carbocycles. The maximum absolute atomic E-state index is 11.7. The summed E-state index contributed by atoms with van der Waals surface area (Å²) in [7, 11) is 0. The molecule has 1 saturated carbocycles. The Morgan fingerprint density at radius 3 is 2.83 bits per heavy atom. The second-order valence-electron chi connectivity index (χ2n) is 4.71. The van der Waals surface area contributed by atoms with Crippen LogP contribution in [0, 0.1) is 5.92 Å². The largest absolute Gasteiger partial charge is 0.446 e. The Morgan fingerprint density at radius 2 is 2.11 bits per heavy atom. The van der Waals surface area contributed by atoms with E-state index in [1.807, 2.05) is 30.3 Å². The van der Waals surface area contributed by atoms with Gasteiger partial charge in [-0.15, -0.1) is 0 Å². The zero-order valence-electron chi connectivity index (χ0n) is 10.5. The highest BCUT2D eigenvalue weighted by Gasteiger charge is 2.29. The van der Waals surface area contributed by atoms with E-state index >= 15 is 0 Å². The number of carbonyl (C=O) groups is 1. The number of benzene rings is 1. The fourth-order valence-electron chi connectivity index (χ4n) is 2.38. The minimum Gasteiger partial charge on any atom is -0.446 e. The maximum atomic E-state index is 11.7. The first kappa shape index (κ1) is 12.9. The highest BCUT2D eigenvalue weighted by molar-refractivity contribution is 5.67. The Hall–Kier alpha value is -1.55. The van der Waals surface area contributed by atoms with Crippen LogP contribution in [0.2, 0.25) is 0 Å². The number of amides is 1. The Bertz CT molecular complexity index is 381. The Labute approximate surface area is 108 Å². The lowest BCUT2D eigenvalue weighted by atomic mass is 10.1. The second kappa shape index (κ2) is 6.40. The van der Waals surface area contributed by atoms with Crippen LogP contribution < -0.4 is 11.1 Å². The molecule has 1 aromatic rings. The van der Waals surface area contributed by atoms with E-state index in [4.69, 9.17) is 10.5 Å². The molecule has 1 amide bonds. The van der Waals surface area contributed by atoms with Gasteiger partial charge in [0.15, 0.2) is 0 Å². The third kappa shape index (κ3) is 3.47. The molecule has 4 heteroatoms. The van der Waals surface area contributed by atoms with Gasteiger partial charge in [0.2, 0.25) is 0 Å². The van der Waals surface area contributed by atoms with E-state index in [-0.39, 0.29) is 12.2 Å². The lowest BCUT2D eigenvalue weighted by molar-refractivity contribution is 0.0773. The van der Waals surface area contributed by atoms with Crippen LogP contribution in [-0.2, 0) is 11.3 Å². The first-order chi connectivity index (χ1) is 8.79. The SMILES string of the molecule is NCC1CCCC1OC(=O)NCc1ccccc1. The number of carbonyl (C=O) groups excluding carboxylic acids is 1. The van der Waals surface area contributed by atoms with E-state index < -0.39 is 0 Å². The Morgan fingerprint density at radius 1 is 1.33 bits per heavy atom. The van der Waals surface area contributed by atoms with Crippen molar-refractivity contribution in [2.75, 3.05) is 6.54 Å². The van der Waals surface area contributed by atoms with Gasteiger partial charge in [-0.25, -0.2) is 4.79 Å². The molecule has 2 atom stereocenters. The van der Waals surface area contributed by atoms with Gasteiger partial charge in [-0.05, 0) is 31.4 Å². The van der Waals surface area contributed by atoms with E-state index in [1.54, 1.807) is 0 Å². The Kier molecular flexibility index (Phi) is 4.59. The first-order valence-corrected chi connectivity index (χ1v) is 6.48. The number of hydrogen-bond acceptors (Lipinski definition) is 3. The molecule has 4 nitrogen and oxygen atoms in total. The Balaban J connectivity index is 1.75. The highest BCUT2D eigenvalue weighted by Crippen LogP contribution is 2.27. The van der Waals surface area contributed by atoms with Crippen molar-refractivity contribution in [1.82, 2.24) is 5.32 Å². The minimum atomic E-state index is -0.343. The summed E-state index contributed by atoms with van der Waals surface area (Å²) >= 11 is 0. The minimum absolute atomic E-state index is 0.00854. The lowest BCUT2D eigenvalue weighted by Crippen LogP contribution is -2.32. The quantitative estimate of drug-likeness (QED) is 0.857. The number of ether oxygens (including phenoxy) is 1. The summed E-state index contributed by atoms with van der Waals surface area (Å²) in [5.41, 5.74) is 6.72. The molecule has 3 N–H and O–H groups in total. The van der Waals surface area contributed by atoms with Crippen molar-refractivity contribution in [3.05, 3.63) is 35.9 Å². The lowest BCUT2D eigenvalue weighted by Gasteiger charge is -2.18. The van der Waals surface area contributed by atoms with Crippen LogP contribution in [0.1, 0.15) is 24.8 Å². The van der Waals surface area contributed by atoms with E-state index in [2.05, 4.69) is 5.32 Å². The van der Waals surface area contributed by atoms with E-state index in [1.165, 1.54) is 0 Å². The molecule has 0 bridgehead atoms. The molecular formula is C14H20N2O2. The fraction of sp³-hybridized carbons (Fsp3) is 0.500. The summed E-state index contributed by atoms with van der Waals surface area (Å²) < 4.78 is 5.41. The van der Waals surface area contributed by atoms with Gasteiger partial charge >= 0.3 is 6.09 Å². The van der Waals surface area contributed by atoms with Crippen molar-refractivity contribution >= 4 is 6.09 Å². The normalized spacial score (nSPS) is 22.7. The van der Waals surface area contributed by atoms with Crippen LogP contribution >= 0.6 is 0 Å². The van der Waals surface area contributed by atoms with Gasteiger partial charge in [0.05, 0.1) is 0 Å².